The first-order valence-electron chi connectivity index (χ1n) is 6.88. The van der Waals surface area contributed by atoms with Crippen LogP contribution in [0.2, 0.25) is 10.0 Å². The minimum atomic E-state index is -0.214. The molecule has 2 aromatic carbocycles. The van der Waals surface area contributed by atoms with Crippen LogP contribution in [0.15, 0.2) is 51.9 Å². The number of hydrogen-bond donors (Lipinski definition) is 1. The van der Waals surface area contributed by atoms with E-state index in [2.05, 4.69) is 15.5 Å². The van der Waals surface area contributed by atoms with Gasteiger partial charge >= 0.3 is 0 Å². The fourth-order valence-corrected chi connectivity index (χ4v) is 4.08. The van der Waals surface area contributed by atoms with Gasteiger partial charge in [-0.15, -0.1) is 11.3 Å². The average Bonchev–Trinajstić information content (AvgIpc) is 3.00. The SMILES string of the molecule is O=C(CSc1nc2ccccc2s1)N/N=C\c1cccc(Cl)c1Cl. The van der Waals surface area contributed by atoms with Gasteiger partial charge in [-0.3, -0.25) is 4.79 Å². The van der Waals surface area contributed by atoms with Crippen molar-refractivity contribution in [2.24, 2.45) is 5.10 Å². The van der Waals surface area contributed by atoms with E-state index in [0.29, 0.717) is 15.6 Å². The van der Waals surface area contributed by atoms with Crippen molar-refractivity contribution in [3.8, 4) is 0 Å². The normalized spacial score (nSPS) is 11.2. The summed E-state index contributed by atoms with van der Waals surface area (Å²) in [6, 6.07) is 13.1. The Labute approximate surface area is 156 Å². The number of hydrogen-bond acceptors (Lipinski definition) is 5. The van der Waals surface area contributed by atoms with Crippen molar-refractivity contribution in [1.29, 1.82) is 0 Å². The number of benzene rings is 2. The van der Waals surface area contributed by atoms with Crippen LogP contribution in [0.1, 0.15) is 5.56 Å². The lowest BCUT2D eigenvalue weighted by molar-refractivity contribution is -0.118. The molecule has 1 N–H and O–H groups in total. The Hall–Kier alpha value is -1.60. The van der Waals surface area contributed by atoms with Crippen LogP contribution < -0.4 is 5.43 Å². The molecule has 3 rings (SSSR count). The van der Waals surface area contributed by atoms with Crippen LogP contribution in [0.25, 0.3) is 10.2 Å². The molecular formula is C16H11Cl2N3OS2. The summed E-state index contributed by atoms with van der Waals surface area (Å²) in [5.74, 6) is 0.0223. The summed E-state index contributed by atoms with van der Waals surface area (Å²) in [5, 5.41) is 4.75. The number of fused-ring (bicyclic) bond motifs is 1. The van der Waals surface area contributed by atoms with Crippen molar-refractivity contribution in [3.05, 3.63) is 58.1 Å². The lowest BCUT2D eigenvalue weighted by Gasteiger charge is -2.00. The van der Waals surface area contributed by atoms with Crippen molar-refractivity contribution >= 4 is 68.6 Å². The molecule has 0 unspecified atom stereocenters. The summed E-state index contributed by atoms with van der Waals surface area (Å²) in [6.45, 7) is 0. The first-order chi connectivity index (χ1) is 11.6. The first-order valence-corrected chi connectivity index (χ1v) is 9.43. The summed E-state index contributed by atoms with van der Waals surface area (Å²) in [6.07, 6.45) is 1.47. The molecule has 1 aromatic heterocycles. The van der Waals surface area contributed by atoms with Crippen molar-refractivity contribution < 1.29 is 4.79 Å². The minimum Gasteiger partial charge on any atom is -0.272 e. The molecule has 1 amide bonds. The predicted molar refractivity (Wildman–Crippen MR) is 103 cm³/mol. The standard InChI is InChI=1S/C16H11Cl2N3OS2/c17-11-5-3-4-10(15(11)18)8-19-21-14(22)9-23-16-20-12-6-1-2-7-13(12)24-16/h1-8H,9H2,(H,21,22)/b19-8-. The van der Waals surface area contributed by atoms with E-state index in [1.54, 1.807) is 29.5 Å². The van der Waals surface area contributed by atoms with Gasteiger partial charge in [0.1, 0.15) is 0 Å². The maximum atomic E-state index is 11.8. The van der Waals surface area contributed by atoms with Gasteiger partial charge in [-0.2, -0.15) is 5.10 Å². The van der Waals surface area contributed by atoms with Crippen LogP contribution >= 0.6 is 46.3 Å². The minimum absolute atomic E-state index is 0.214. The van der Waals surface area contributed by atoms with E-state index in [9.17, 15) is 4.79 Å². The number of hydrazone groups is 1. The Kier molecular flexibility index (Phi) is 5.73. The van der Waals surface area contributed by atoms with Gasteiger partial charge in [-0.25, -0.2) is 10.4 Å². The van der Waals surface area contributed by atoms with Crippen LogP contribution in [-0.4, -0.2) is 22.9 Å². The molecule has 1 heterocycles. The van der Waals surface area contributed by atoms with E-state index in [-0.39, 0.29) is 11.7 Å². The molecule has 0 saturated heterocycles. The highest BCUT2D eigenvalue weighted by molar-refractivity contribution is 8.01. The Balaban J connectivity index is 1.54. The lowest BCUT2D eigenvalue weighted by atomic mass is 10.2. The van der Waals surface area contributed by atoms with Crippen molar-refractivity contribution in [3.63, 3.8) is 0 Å². The fourth-order valence-electron chi connectivity index (χ4n) is 1.87. The predicted octanol–water partition coefficient (Wildman–Crippen LogP) is 4.85. The van der Waals surface area contributed by atoms with Crippen LogP contribution in [0.4, 0.5) is 0 Å². The van der Waals surface area contributed by atoms with Crippen LogP contribution in [0, 0.1) is 0 Å². The maximum Gasteiger partial charge on any atom is 0.250 e. The largest absolute Gasteiger partial charge is 0.272 e. The third kappa shape index (κ3) is 4.27. The van der Waals surface area contributed by atoms with E-state index in [1.165, 1.54) is 18.0 Å². The second-order valence-electron chi connectivity index (χ2n) is 4.67. The second-order valence-corrected chi connectivity index (χ2v) is 7.71. The Morgan fingerprint density at radius 2 is 2.08 bits per heavy atom. The topological polar surface area (TPSA) is 54.4 Å². The Morgan fingerprint density at radius 3 is 2.92 bits per heavy atom. The highest BCUT2D eigenvalue weighted by atomic mass is 35.5. The highest BCUT2D eigenvalue weighted by Gasteiger charge is 2.07. The van der Waals surface area contributed by atoms with Crippen LogP contribution in [-0.2, 0) is 4.79 Å². The van der Waals surface area contributed by atoms with Gasteiger partial charge in [-0.05, 0) is 18.2 Å². The number of aromatic nitrogens is 1. The van der Waals surface area contributed by atoms with Gasteiger partial charge in [0.2, 0.25) is 0 Å². The number of amides is 1. The molecular weight excluding hydrogens is 385 g/mol. The Bertz CT molecular complexity index is 878. The molecule has 0 spiro atoms. The van der Waals surface area contributed by atoms with Gasteiger partial charge in [0.05, 0.1) is 32.2 Å². The first kappa shape index (κ1) is 17.2. The number of nitrogens with zero attached hydrogens (tertiary/aromatic N) is 2. The lowest BCUT2D eigenvalue weighted by Crippen LogP contribution is -2.19. The molecule has 0 atom stereocenters. The number of carbonyl (C=O) groups is 1. The monoisotopic (exact) mass is 395 g/mol. The van der Waals surface area contributed by atoms with Gasteiger partial charge in [0, 0.05) is 5.56 Å². The molecule has 8 heteroatoms. The van der Waals surface area contributed by atoms with Crippen molar-refractivity contribution in [2.75, 3.05) is 5.75 Å². The second kappa shape index (κ2) is 7.98. The molecule has 0 aliphatic carbocycles. The van der Waals surface area contributed by atoms with Crippen molar-refractivity contribution in [2.45, 2.75) is 4.34 Å². The zero-order valence-electron chi connectivity index (χ0n) is 12.2. The van der Waals surface area contributed by atoms with Crippen LogP contribution in [0.3, 0.4) is 0 Å². The molecule has 4 nitrogen and oxygen atoms in total. The zero-order valence-corrected chi connectivity index (χ0v) is 15.3. The molecule has 0 fully saturated rings. The molecule has 0 aliphatic rings. The third-order valence-electron chi connectivity index (χ3n) is 2.98. The molecule has 0 radical (unpaired) electrons. The van der Waals surface area contributed by atoms with Gasteiger partial charge in [-0.1, -0.05) is 59.2 Å². The van der Waals surface area contributed by atoms with E-state index < -0.39 is 0 Å². The number of nitrogens with one attached hydrogen (secondary N) is 1. The number of halogens is 2. The van der Waals surface area contributed by atoms with E-state index >= 15 is 0 Å². The molecule has 122 valence electrons. The summed E-state index contributed by atoms with van der Waals surface area (Å²) in [4.78, 5) is 16.3. The number of carbonyl (C=O) groups excluding carboxylic acids is 1. The van der Waals surface area contributed by atoms with Gasteiger partial charge in [0.15, 0.2) is 4.34 Å². The average molecular weight is 396 g/mol. The molecule has 24 heavy (non-hydrogen) atoms. The summed E-state index contributed by atoms with van der Waals surface area (Å²) in [7, 11) is 0. The fraction of sp³-hybridized carbons (Fsp3) is 0.0625. The zero-order chi connectivity index (χ0) is 16.9. The summed E-state index contributed by atoms with van der Waals surface area (Å²) >= 11 is 14.9. The summed E-state index contributed by atoms with van der Waals surface area (Å²) in [5.41, 5.74) is 4.05. The quantitative estimate of drug-likeness (QED) is 0.381. The smallest absolute Gasteiger partial charge is 0.250 e. The van der Waals surface area contributed by atoms with Gasteiger partial charge < -0.3 is 0 Å². The molecule has 0 aliphatic heterocycles. The Morgan fingerprint density at radius 1 is 1.25 bits per heavy atom. The summed E-state index contributed by atoms with van der Waals surface area (Å²) < 4.78 is 1.96. The molecule has 0 bridgehead atoms. The molecule has 3 aromatic rings. The molecule has 0 saturated carbocycles. The number of para-hydroxylation sites is 1. The van der Waals surface area contributed by atoms with E-state index in [0.717, 1.165) is 14.6 Å². The van der Waals surface area contributed by atoms with E-state index in [4.69, 9.17) is 23.2 Å². The van der Waals surface area contributed by atoms with Crippen LogP contribution in [0.5, 0.6) is 0 Å². The van der Waals surface area contributed by atoms with E-state index in [1.807, 2.05) is 24.3 Å². The number of thioether (sulfide) groups is 1. The number of thiazole rings is 1. The van der Waals surface area contributed by atoms with Gasteiger partial charge in [0.25, 0.3) is 5.91 Å². The number of rotatable bonds is 5. The maximum absolute atomic E-state index is 11.8. The third-order valence-corrected chi connectivity index (χ3v) is 5.99. The highest BCUT2D eigenvalue weighted by Crippen LogP contribution is 2.29. The van der Waals surface area contributed by atoms with Crippen molar-refractivity contribution in [1.82, 2.24) is 10.4 Å².